The summed E-state index contributed by atoms with van der Waals surface area (Å²) in [6.45, 7) is 3.48. The number of amides is 2. The molecule has 4 aromatic rings. The molecular weight excluding hydrogens is 650 g/mol. The van der Waals surface area contributed by atoms with Crippen LogP contribution in [0.25, 0.3) is 10.8 Å². The lowest BCUT2D eigenvalue weighted by atomic mass is 10.1. The molecule has 0 saturated heterocycles. The predicted molar refractivity (Wildman–Crippen MR) is 176 cm³/mol. The van der Waals surface area contributed by atoms with Crippen molar-refractivity contribution in [1.29, 1.82) is 0 Å². The van der Waals surface area contributed by atoms with E-state index < -0.39 is 21.9 Å². The number of hydrogen-bond donors (Lipinski definition) is 7. The Morgan fingerprint density at radius 3 is 2.50 bits per heavy atom. The zero-order chi connectivity index (χ0) is 31.9. The van der Waals surface area contributed by atoms with E-state index in [1.807, 2.05) is 18.2 Å². The molecule has 0 radical (unpaired) electrons. The molecular formula is C26H26FN9O4S4. The maximum Gasteiger partial charge on any atom is 0.316 e. The number of ether oxygens (including phenoxy) is 1. The van der Waals surface area contributed by atoms with Gasteiger partial charge in [-0.25, -0.2) is 13.2 Å². The Kier molecular flexibility index (Phi) is 11.0. The normalized spacial score (nSPS) is 11.5. The van der Waals surface area contributed by atoms with Crippen LogP contribution in [0.15, 0.2) is 79.4 Å². The number of azo groups is 1. The number of benzene rings is 3. The molecule has 18 heteroatoms. The SMILES string of the molecule is C=CS(=O)(=O)CCOCCNc1nc(F)nc(Nc2ccc(/N=N/c3cc4c(S)cc(S)cc4cc3S)c(NC(N)=O)c2)n1. The standard InChI is InChI=1S/C26H26FN9O4S4/c1-2-44(38,39)8-7-40-6-5-29-25-32-23(27)33-26(34-25)30-15-3-4-18(19(11-15)31-24(28)37)35-36-20-13-17-14(10-22(20)43)9-16(41)12-21(17)42/h2-4,9-13,41-43H,1,5-8H2,(H3,28,31,37)(H2,29,30,32,33,34)/b36-35+. The maximum atomic E-state index is 14.1. The average molecular weight is 676 g/mol. The third-order valence-electron chi connectivity index (χ3n) is 5.69. The van der Waals surface area contributed by atoms with E-state index in [0.717, 1.165) is 21.1 Å². The number of hydrogen-bond acceptors (Lipinski definition) is 14. The van der Waals surface area contributed by atoms with Crippen molar-refractivity contribution in [3.63, 3.8) is 0 Å². The van der Waals surface area contributed by atoms with E-state index in [1.54, 1.807) is 18.2 Å². The molecule has 13 nitrogen and oxygen atoms in total. The molecule has 0 atom stereocenters. The van der Waals surface area contributed by atoms with Crippen LogP contribution in [0, 0.1) is 6.08 Å². The van der Waals surface area contributed by atoms with E-state index in [1.165, 1.54) is 6.07 Å². The third-order valence-corrected chi connectivity index (χ3v) is 7.92. The quantitative estimate of drug-likeness (QED) is 0.0533. The predicted octanol–water partition coefficient (Wildman–Crippen LogP) is 5.67. The summed E-state index contributed by atoms with van der Waals surface area (Å²) in [5, 5.41) is 19.2. The molecule has 2 amide bonds. The molecule has 0 aliphatic rings. The third kappa shape index (κ3) is 9.26. The molecule has 0 bridgehead atoms. The van der Waals surface area contributed by atoms with Crippen LogP contribution < -0.4 is 21.7 Å². The van der Waals surface area contributed by atoms with E-state index in [9.17, 15) is 17.6 Å². The number of nitrogens with zero attached hydrogens (tertiary/aromatic N) is 5. The summed E-state index contributed by atoms with van der Waals surface area (Å²) >= 11 is 13.4. The van der Waals surface area contributed by atoms with Gasteiger partial charge in [-0.05, 0) is 53.2 Å². The lowest BCUT2D eigenvalue weighted by molar-refractivity contribution is 0.159. The largest absolute Gasteiger partial charge is 0.379 e. The van der Waals surface area contributed by atoms with Crippen molar-refractivity contribution in [1.82, 2.24) is 15.0 Å². The van der Waals surface area contributed by atoms with Crippen molar-refractivity contribution < 1.29 is 22.3 Å². The van der Waals surface area contributed by atoms with E-state index in [2.05, 4.69) is 85.6 Å². The van der Waals surface area contributed by atoms with Gasteiger partial charge in [-0.3, -0.25) is 0 Å². The summed E-state index contributed by atoms with van der Waals surface area (Å²) in [5.41, 5.74) is 6.65. The number of carbonyl (C=O) groups is 1. The summed E-state index contributed by atoms with van der Waals surface area (Å²) in [7, 11) is -3.36. The Balaban J connectivity index is 1.48. The minimum atomic E-state index is -3.36. The Hall–Kier alpha value is -3.97. The molecule has 0 aliphatic heterocycles. The van der Waals surface area contributed by atoms with Crippen LogP contribution in [0.3, 0.4) is 0 Å². The number of primary amides is 1. The number of fused-ring (bicyclic) bond motifs is 1. The van der Waals surface area contributed by atoms with Gasteiger partial charge in [0.1, 0.15) is 5.69 Å². The minimum Gasteiger partial charge on any atom is -0.379 e. The first kappa shape index (κ1) is 32.9. The maximum absolute atomic E-state index is 14.1. The first-order valence-corrected chi connectivity index (χ1v) is 15.6. The van der Waals surface area contributed by atoms with Gasteiger partial charge in [0.25, 0.3) is 0 Å². The second-order valence-corrected chi connectivity index (χ2v) is 12.4. The van der Waals surface area contributed by atoms with Gasteiger partial charge in [0.15, 0.2) is 9.84 Å². The van der Waals surface area contributed by atoms with Gasteiger partial charge in [-0.15, -0.1) is 48.1 Å². The molecule has 5 N–H and O–H groups in total. The highest BCUT2D eigenvalue weighted by molar-refractivity contribution is 7.94. The van der Waals surface area contributed by atoms with Crippen LogP contribution in [0.1, 0.15) is 0 Å². The first-order valence-electron chi connectivity index (χ1n) is 12.6. The van der Waals surface area contributed by atoms with E-state index in [0.29, 0.717) is 21.2 Å². The minimum absolute atomic E-state index is 0.0303. The van der Waals surface area contributed by atoms with Crippen LogP contribution in [-0.2, 0) is 14.6 Å². The van der Waals surface area contributed by atoms with Crippen molar-refractivity contribution in [2.24, 2.45) is 16.0 Å². The van der Waals surface area contributed by atoms with Crippen LogP contribution in [0.4, 0.5) is 43.8 Å². The topological polar surface area (TPSA) is 186 Å². The second-order valence-electron chi connectivity index (χ2n) is 8.90. The summed E-state index contributed by atoms with van der Waals surface area (Å²) in [4.78, 5) is 25.1. The molecule has 1 aromatic heterocycles. The fraction of sp³-hybridized carbons (Fsp3) is 0.154. The zero-order valence-corrected chi connectivity index (χ0v) is 26.2. The molecule has 0 aliphatic carbocycles. The lowest BCUT2D eigenvalue weighted by Crippen LogP contribution is -2.19. The zero-order valence-electron chi connectivity index (χ0n) is 22.7. The molecule has 0 unspecified atom stereocenters. The highest BCUT2D eigenvalue weighted by Gasteiger charge is 2.11. The van der Waals surface area contributed by atoms with E-state index >= 15 is 0 Å². The molecule has 1 heterocycles. The van der Waals surface area contributed by atoms with Gasteiger partial charge in [-0.2, -0.15) is 19.3 Å². The number of nitrogens with one attached hydrogen (secondary N) is 3. The van der Waals surface area contributed by atoms with Crippen molar-refractivity contribution in [2.45, 2.75) is 14.7 Å². The van der Waals surface area contributed by atoms with Crippen LogP contribution >= 0.6 is 37.9 Å². The molecule has 3 aromatic carbocycles. The Morgan fingerprint density at radius 2 is 1.75 bits per heavy atom. The Bertz CT molecular complexity index is 1860. The van der Waals surface area contributed by atoms with Gasteiger partial charge in [0.2, 0.25) is 11.9 Å². The summed E-state index contributed by atoms with van der Waals surface area (Å²) in [6.07, 6.45) is -1.06. The fourth-order valence-electron chi connectivity index (χ4n) is 3.68. The summed E-state index contributed by atoms with van der Waals surface area (Å²) in [5.74, 6) is -0.428. The average Bonchev–Trinajstić information content (AvgIpc) is 2.94. The number of carbonyl (C=O) groups excluding carboxylic acids is 1. The first-order chi connectivity index (χ1) is 20.9. The van der Waals surface area contributed by atoms with Crippen molar-refractivity contribution in [3.8, 4) is 0 Å². The second kappa shape index (κ2) is 14.7. The molecule has 230 valence electrons. The number of thiol groups is 3. The molecule has 4 rings (SSSR count). The molecule has 0 fully saturated rings. The number of rotatable bonds is 13. The number of nitrogens with two attached hydrogens (primary N) is 1. The van der Waals surface area contributed by atoms with Crippen LogP contribution in [0.2, 0.25) is 0 Å². The van der Waals surface area contributed by atoms with E-state index in [4.69, 9.17) is 10.5 Å². The smallest absolute Gasteiger partial charge is 0.316 e. The van der Waals surface area contributed by atoms with Gasteiger partial charge in [0, 0.05) is 32.3 Å². The summed E-state index contributed by atoms with van der Waals surface area (Å²) < 4.78 is 42.2. The highest BCUT2D eigenvalue weighted by Crippen LogP contribution is 2.36. The van der Waals surface area contributed by atoms with Crippen LogP contribution in [-0.4, -0.2) is 54.9 Å². The van der Waals surface area contributed by atoms with Gasteiger partial charge < -0.3 is 26.4 Å². The van der Waals surface area contributed by atoms with Crippen LogP contribution in [0.5, 0.6) is 0 Å². The monoisotopic (exact) mass is 675 g/mol. The van der Waals surface area contributed by atoms with Crippen molar-refractivity contribution in [2.75, 3.05) is 41.5 Å². The number of sulfone groups is 1. The van der Waals surface area contributed by atoms with Gasteiger partial charge >= 0.3 is 12.1 Å². The fourth-order valence-corrected chi connectivity index (χ4v) is 5.15. The number of anilines is 4. The summed E-state index contributed by atoms with van der Waals surface area (Å²) in [6, 6.07) is 11.1. The van der Waals surface area contributed by atoms with Gasteiger partial charge in [0.05, 0.1) is 30.3 Å². The Morgan fingerprint density at radius 1 is 1.00 bits per heavy atom. The van der Waals surface area contributed by atoms with Crippen molar-refractivity contribution in [3.05, 3.63) is 60.5 Å². The molecule has 44 heavy (non-hydrogen) atoms. The number of halogens is 1. The number of aromatic nitrogens is 3. The highest BCUT2D eigenvalue weighted by atomic mass is 32.2. The molecule has 0 saturated carbocycles. The van der Waals surface area contributed by atoms with Crippen molar-refractivity contribution >= 4 is 99.2 Å². The Labute approximate surface area is 268 Å². The van der Waals surface area contributed by atoms with Gasteiger partial charge in [-0.1, -0.05) is 6.58 Å². The lowest BCUT2D eigenvalue weighted by Gasteiger charge is -2.11. The number of urea groups is 1. The van der Waals surface area contributed by atoms with E-state index in [-0.39, 0.29) is 48.8 Å². The molecule has 0 spiro atoms.